The van der Waals surface area contributed by atoms with E-state index in [9.17, 15) is 9.90 Å². The quantitative estimate of drug-likeness (QED) is 0.875. The molecule has 0 bridgehead atoms. The highest BCUT2D eigenvalue weighted by molar-refractivity contribution is 5.79. The van der Waals surface area contributed by atoms with E-state index < -0.39 is 0 Å². The van der Waals surface area contributed by atoms with Crippen LogP contribution in [0.25, 0.3) is 0 Å². The summed E-state index contributed by atoms with van der Waals surface area (Å²) in [6.07, 6.45) is 2.57. The molecule has 1 amide bonds. The fourth-order valence-corrected chi connectivity index (χ4v) is 2.74. The van der Waals surface area contributed by atoms with Crippen molar-refractivity contribution < 1.29 is 14.6 Å². The Labute approximate surface area is 119 Å². The van der Waals surface area contributed by atoms with Crippen molar-refractivity contribution in [3.05, 3.63) is 23.8 Å². The summed E-state index contributed by atoms with van der Waals surface area (Å²) >= 11 is 0. The van der Waals surface area contributed by atoms with Gasteiger partial charge < -0.3 is 20.5 Å². The third kappa shape index (κ3) is 3.22. The van der Waals surface area contributed by atoms with E-state index in [2.05, 4.69) is 0 Å². The Kier molecular flexibility index (Phi) is 4.49. The van der Waals surface area contributed by atoms with Crippen molar-refractivity contribution in [2.75, 3.05) is 14.2 Å². The number of ether oxygens (including phenoxy) is 1. The summed E-state index contributed by atoms with van der Waals surface area (Å²) in [4.78, 5) is 14.0. The number of nitrogens with zero attached hydrogens (tertiary/aromatic N) is 1. The summed E-state index contributed by atoms with van der Waals surface area (Å²) in [6, 6.07) is 5.34. The number of phenols is 1. The lowest BCUT2D eigenvalue weighted by molar-refractivity contribution is -0.134. The van der Waals surface area contributed by atoms with Gasteiger partial charge >= 0.3 is 0 Å². The maximum absolute atomic E-state index is 12.3. The van der Waals surface area contributed by atoms with Crippen LogP contribution in [0.5, 0.6) is 11.5 Å². The predicted octanol–water partition coefficient (Wildman–Crippen LogP) is 1.49. The summed E-state index contributed by atoms with van der Waals surface area (Å²) in [5.41, 5.74) is 6.73. The number of methoxy groups -OCH3 is 1. The molecule has 0 aromatic heterocycles. The topological polar surface area (TPSA) is 75.8 Å². The van der Waals surface area contributed by atoms with Gasteiger partial charge in [0.2, 0.25) is 5.91 Å². The van der Waals surface area contributed by atoms with E-state index in [1.165, 1.54) is 7.11 Å². The molecular weight excluding hydrogens is 256 g/mol. The lowest BCUT2D eigenvalue weighted by Gasteiger charge is -2.21. The summed E-state index contributed by atoms with van der Waals surface area (Å²) < 4.78 is 5.00. The molecule has 0 spiro atoms. The van der Waals surface area contributed by atoms with E-state index in [-0.39, 0.29) is 23.6 Å². The largest absolute Gasteiger partial charge is 0.504 e. The second-order valence-electron chi connectivity index (χ2n) is 5.47. The molecule has 1 fully saturated rings. The van der Waals surface area contributed by atoms with Crippen LogP contribution in [0.1, 0.15) is 24.8 Å². The average Bonchev–Trinajstić information content (AvgIpc) is 2.84. The van der Waals surface area contributed by atoms with Crippen LogP contribution in [-0.4, -0.2) is 36.1 Å². The summed E-state index contributed by atoms with van der Waals surface area (Å²) in [5.74, 6) is 0.702. The van der Waals surface area contributed by atoms with Crippen LogP contribution in [0.3, 0.4) is 0 Å². The first-order valence-corrected chi connectivity index (χ1v) is 6.87. The molecule has 1 aliphatic carbocycles. The third-order valence-corrected chi connectivity index (χ3v) is 3.86. The maximum atomic E-state index is 12.3. The monoisotopic (exact) mass is 278 g/mol. The summed E-state index contributed by atoms with van der Waals surface area (Å²) in [6.45, 7) is 0.474. The van der Waals surface area contributed by atoms with Crippen LogP contribution >= 0.6 is 0 Å². The van der Waals surface area contributed by atoms with E-state index in [4.69, 9.17) is 10.5 Å². The number of amides is 1. The summed E-state index contributed by atoms with van der Waals surface area (Å²) in [5, 5.41) is 9.74. The molecule has 1 saturated carbocycles. The normalized spacial score (nSPS) is 21.8. The number of benzene rings is 1. The van der Waals surface area contributed by atoms with E-state index in [1.807, 2.05) is 6.07 Å². The Morgan fingerprint density at radius 3 is 2.80 bits per heavy atom. The standard InChI is InChI=1S/C15H22N2O3/c1-17(15(19)11-4-5-12(16)8-11)9-10-3-6-14(20-2)13(18)7-10/h3,6-7,11-12,18H,4-5,8-9,16H2,1-2H3. The molecule has 5 nitrogen and oxygen atoms in total. The Bertz CT molecular complexity index is 490. The van der Waals surface area contributed by atoms with Crippen molar-refractivity contribution in [1.29, 1.82) is 0 Å². The molecule has 0 aliphatic heterocycles. The molecule has 2 atom stereocenters. The minimum absolute atomic E-state index is 0.0434. The highest BCUT2D eigenvalue weighted by atomic mass is 16.5. The number of carbonyl (C=O) groups is 1. The van der Waals surface area contributed by atoms with Gasteiger partial charge in [0.25, 0.3) is 0 Å². The number of carbonyl (C=O) groups excluding carboxylic acids is 1. The lowest BCUT2D eigenvalue weighted by Crippen LogP contribution is -2.32. The van der Waals surface area contributed by atoms with Gasteiger partial charge in [0.15, 0.2) is 11.5 Å². The SMILES string of the molecule is COc1ccc(CN(C)C(=O)C2CCC(N)C2)cc1O. The van der Waals surface area contributed by atoms with Gasteiger partial charge in [-0.1, -0.05) is 6.07 Å². The van der Waals surface area contributed by atoms with Crippen molar-refractivity contribution in [2.45, 2.75) is 31.8 Å². The van der Waals surface area contributed by atoms with Crippen molar-refractivity contribution in [3.63, 3.8) is 0 Å². The molecule has 3 N–H and O–H groups in total. The average molecular weight is 278 g/mol. The predicted molar refractivity (Wildman–Crippen MR) is 76.4 cm³/mol. The van der Waals surface area contributed by atoms with Crippen LogP contribution in [0.2, 0.25) is 0 Å². The van der Waals surface area contributed by atoms with Gasteiger partial charge in [-0.15, -0.1) is 0 Å². The van der Waals surface area contributed by atoms with Gasteiger partial charge in [0.1, 0.15) is 0 Å². The molecule has 5 heteroatoms. The van der Waals surface area contributed by atoms with Crippen LogP contribution < -0.4 is 10.5 Å². The zero-order chi connectivity index (χ0) is 14.7. The molecule has 2 rings (SSSR count). The number of aromatic hydroxyl groups is 1. The molecule has 2 unspecified atom stereocenters. The van der Waals surface area contributed by atoms with E-state index >= 15 is 0 Å². The highest BCUT2D eigenvalue weighted by Gasteiger charge is 2.29. The van der Waals surface area contributed by atoms with Gasteiger partial charge in [0.05, 0.1) is 7.11 Å². The second-order valence-corrected chi connectivity index (χ2v) is 5.47. The van der Waals surface area contributed by atoms with Gasteiger partial charge in [-0.25, -0.2) is 0 Å². The first kappa shape index (κ1) is 14.7. The number of rotatable bonds is 4. The zero-order valence-corrected chi connectivity index (χ0v) is 12.0. The molecule has 0 saturated heterocycles. The molecule has 1 aromatic rings. The van der Waals surface area contributed by atoms with Crippen molar-refractivity contribution >= 4 is 5.91 Å². The van der Waals surface area contributed by atoms with E-state index in [1.54, 1.807) is 24.1 Å². The molecule has 110 valence electrons. The summed E-state index contributed by atoms with van der Waals surface area (Å²) in [7, 11) is 3.29. The third-order valence-electron chi connectivity index (χ3n) is 3.86. The first-order chi connectivity index (χ1) is 9.51. The van der Waals surface area contributed by atoms with Crippen LogP contribution in [-0.2, 0) is 11.3 Å². The van der Waals surface area contributed by atoms with E-state index in [0.717, 1.165) is 24.8 Å². The van der Waals surface area contributed by atoms with Crippen LogP contribution in [0.4, 0.5) is 0 Å². The van der Waals surface area contributed by atoms with Gasteiger partial charge in [0, 0.05) is 25.6 Å². The van der Waals surface area contributed by atoms with Gasteiger partial charge in [-0.3, -0.25) is 4.79 Å². The zero-order valence-electron chi connectivity index (χ0n) is 12.0. The molecule has 1 aromatic carbocycles. The van der Waals surface area contributed by atoms with Crippen molar-refractivity contribution in [1.82, 2.24) is 4.90 Å². The van der Waals surface area contributed by atoms with Gasteiger partial charge in [-0.2, -0.15) is 0 Å². The van der Waals surface area contributed by atoms with Crippen molar-refractivity contribution in [2.24, 2.45) is 11.7 Å². The molecule has 1 aliphatic rings. The fourth-order valence-electron chi connectivity index (χ4n) is 2.74. The maximum Gasteiger partial charge on any atom is 0.225 e. The number of hydrogen-bond donors (Lipinski definition) is 2. The van der Waals surface area contributed by atoms with Crippen molar-refractivity contribution in [3.8, 4) is 11.5 Å². The highest BCUT2D eigenvalue weighted by Crippen LogP contribution is 2.28. The first-order valence-electron chi connectivity index (χ1n) is 6.87. The number of hydrogen-bond acceptors (Lipinski definition) is 4. The molecule has 20 heavy (non-hydrogen) atoms. The van der Waals surface area contributed by atoms with E-state index in [0.29, 0.717) is 12.3 Å². The number of phenolic OH excluding ortho intramolecular Hbond substituents is 1. The van der Waals surface area contributed by atoms with Crippen LogP contribution in [0, 0.1) is 5.92 Å². The molecular formula is C15H22N2O3. The minimum atomic E-state index is 0.0434. The Hall–Kier alpha value is -1.75. The Morgan fingerprint density at radius 1 is 1.50 bits per heavy atom. The molecule has 0 radical (unpaired) electrons. The van der Waals surface area contributed by atoms with Gasteiger partial charge in [-0.05, 0) is 37.0 Å². The fraction of sp³-hybridized carbons (Fsp3) is 0.533. The minimum Gasteiger partial charge on any atom is -0.504 e. The lowest BCUT2D eigenvalue weighted by atomic mass is 10.1. The Morgan fingerprint density at radius 2 is 2.25 bits per heavy atom. The Balaban J connectivity index is 1.98. The molecule has 0 heterocycles. The number of nitrogens with two attached hydrogens (primary N) is 1. The van der Waals surface area contributed by atoms with Crippen LogP contribution in [0.15, 0.2) is 18.2 Å². The second kappa shape index (κ2) is 6.13. The smallest absolute Gasteiger partial charge is 0.225 e.